The Labute approximate surface area is 269 Å². The quantitative estimate of drug-likeness (QED) is 0.140. The van der Waals surface area contributed by atoms with E-state index >= 15 is 0 Å². The first-order valence-corrected chi connectivity index (χ1v) is 16.0. The summed E-state index contributed by atoms with van der Waals surface area (Å²) in [4.78, 5) is 66.8. The lowest BCUT2D eigenvalue weighted by molar-refractivity contribution is -0.177. The zero-order valence-electron chi connectivity index (χ0n) is 26.6. The molecule has 1 heterocycles. The maximum atomic E-state index is 13.3. The fourth-order valence-electron chi connectivity index (χ4n) is 5.52. The molecule has 12 heteroatoms. The number of imide groups is 1. The van der Waals surface area contributed by atoms with Crippen LogP contribution in [-0.4, -0.2) is 81.0 Å². The lowest BCUT2D eigenvalue weighted by Crippen LogP contribution is -2.32. The first-order chi connectivity index (χ1) is 22.3. The van der Waals surface area contributed by atoms with Gasteiger partial charge in [-0.3, -0.25) is 24.0 Å². The molecule has 1 aliphatic heterocycles. The van der Waals surface area contributed by atoms with Gasteiger partial charge < -0.3 is 24.8 Å². The molecule has 2 N–H and O–H groups in total. The summed E-state index contributed by atoms with van der Waals surface area (Å²) in [5, 5.41) is 6.24. The molecule has 1 unspecified atom stereocenters. The van der Waals surface area contributed by atoms with Gasteiger partial charge in [0.25, 0.3) is 17.7 Å². The standard InChI is InChI=1S/C34H43N3O9/c1-3-17-43-19-15-35-29(38)10-5-7-23-11-12-25-27(21-23)28(22-45-34(42)46-37-30(39)13-14-31(37)40)24-8-6-9-26(32(24)25)33(41)36-16-20-44-18-4-2/h6,8-9,11-12,21,28H,3-5,7,10,13-20,22H2,1-2H3,(H,35,38)(H,36,41). The number of hydroxylamine groups is 2. The zero-order chi connectivity index (χ0) is 32.9. The van der Waals surface area contributed by atoms with E-state index in [4.69, 9.17) is 19.0 Å². The van der Waals surface area contributed by atoms with Gasteiger partial charge in [0.15, 0.2) is 0 Å². The molecule has 1 saturated heterocycles. The third-order valence-electron chi connectivity index (χ3n) is 7.68. The Morgan fingerprint density at radius 3 is 2.26 bits per heavy atom. The third-order valence-corrected chi connectivity index (χ3v) is 7.68. The summed E-state index contributed by atoms with van der Waals surface area (Å²) < 4.78 is 16.3. The number of nitrogens with one attached hydrogen (secondary N) is 2. The Kier molecular flexibility index (Phi) is 13.1. The number of nitrogens with zero attached hydrogens (tertiary/aromatic N) is 1. The summed E-state index contributed by atoms with van der Waals surface area (Å²) in [7, 11) is 0. The second kappa shape index (κ2) is 17.4. The highest BCUT2D eigenvalue weighted by Gasteiger charge is 2.36. The molecule has 0 radical (unpaired) electrons. The van der Waals surface area contributed by atoms with Crippen molar-refractivity contribution in [3.05, 3.63) is 58.7 Å². The normalized spacial score (nSPS) is 15.0. The second-order valence-electron chi connectivity index (χ2n) is 11.2. The van der Waals surface area contributed by atoms with E-state index < -0.39 is 23.9 Å². The lowest BCUT2D eigenvalue weighted by atomic mass is 9.95. The molecule has 12 nitrogen and oxygen atoms in total. The number of amides is 4. The molecule has 1 atom stereocenters. The molecule has 46 heavy (non-hydrogen) atoms. The van der Waals surface area contributed by atoms with Crippen LogP contribution in [0.1, 0.15) is 85.3 Å². The van der Waals surface area contributed by atoms with E-state index in [1.807, 2.05) is 38.1 Å². The van der Waals surface area contributed by atoms with Crippen LogP contribution in [0.2, 0.25) is 0 Å². The monoisotopic (exact) mass is 637 g/mol. The highest BCUT2D eigenvalue weighted by atomic mass is 16.8. The number of carbonyl (C=O) groups is 5. The minimum Gasteiger partial charge on any atom is -0.432 e. The molecule has 248 valence electrons. The van der Waals surface area contributed by atoms with Crippen LogP contribution in [0.3, 0.4) is 0 Å². The molecule has 2 aromatic rings. The number of hydrogen-bond donors (Lipinski definition) is 2. The number of aryl methyl sites for hydroxylation is 1. The van der Waals surface area contributed by atoms with Crippen molar-refractivity contribution in [2.45, 2.75) is 64.7 Å². The Morgan fingerprint density at radius 1 is 0.870 bits per heavy atom. The van der Waals surface area contributed by atoms with Gasteiger partial charge in [0.1, 0.15) is 6.61 Å². The number of ether oxygens (including phenoxy) is 3. The van der Waals surface area contributed by atoms with Gasteiger partial charge in [-0.25, -0.2) is 4.79 Å². The first kappa shape index (κ1) is 34.6. The highest BCUT2D eigenvalue weighted by Crippen LogP contribution is 2.47. The zero-order valence-corrected chi connectivity index (χ0v) is 26.6. The number of hydrogen-bond acceptors (Lipinski definition) is 9. The average Bonchev–Trinajstić information content (AvgIpc) is 3.54. The fraction of sp³-hybridized carbons (Fsp3) is 0.500. The Hall–Kier alpha value is -4.29. The maximum Gasteiger partial charge on any atom is 0.533 e. The second-order valence-corrected chi connectivity index (χ2v) is 11.2. The predicted molar refractivity (Wildman–Crippen MR) is 168 cm³/mol. The smallest absolute Gasteiger partial charge is 0.432 e. The average molecular weight is 638 g/mol. The molecule has 1 aliphatic carbocycles. The molecule has 0 saturated carbocycles. The van der Waals surface area contributed by atoms with Crippen molar-refractivity contribution in [3.63, 3.8) is 0 Å². The van der Waals surface area contributed by atoms with Gasteiger partial charge in [0, 0.05) is 57.0 Å². The van der Waals surface area contributed by atoms with Crippen LogP contribution in [0.25, 0.3) is 11.1 Å². The summed E-state index contributed by atoms with van der Waals surface area (Å²) in [5.41, 5.74) is 4.71. The highest BCUT2D eigenvalue weighted by molar-refractivity contribution is 6.03. The van der Waals surface area contributed by atoms with Crippen molar-refractivity contribution < 1.29 is 43.0 Å². The van der Waals surface area contributed by atoms with Gasteiger partial charge in [0.05, 0.1) is 13.2 Å². The molecule has 0 bridgehead atoms. The number of fused-ring (bicyclic) bond motifs is 3. The van der Waals surface area contributed by atoms with Crippen molar-refractivity contribution >= 4 is 29.8 Å². The molecule has 0 spiro atoms. The number of carbonyl (C=O) groups excluding carboxylic acids is 5. The van der Waals surface area contributed by atoms with Crippen molar-refractivity contribution in [2.75, 3.05) is 46.1 Å². The summed E-state index contributed by atoms with van der Waals surface area (Å²) in [5.74, 6) is -1.92. The topological polar surface area (TPSA) is 150 Å². The van der Waals surface area contributed by atoms with Gasteiger partial charge >= 0.3 is 6.16 Å². The van der Waals surface area contributed by atoms with Crippen molar-refractivity contribution in [2.24, 2.45) is 0 Å². The van der Waals surface area contributed by atoms with Crippen LogP contribution in [0.5, 0.6) is 0 Å². The summed E-state index contributed by atoms with van der Waals surface area (Å²) in [6, 6.07) is 11.4. The molecule has 2 aliphatic rings. The lowest BCUT2D eigenvalue weighted by Gasteiger charge is -2.17. The van der Waals surface area contributed by atoms with Gasteiger partial charge in [0.2, 0.25) is 5.91 Å². The minimum absolute atomic E-state index is 0.0249. The van der Waals surface area contributed by atoms with E-state index in [1.54, 1.807) is 12.1 Å². The van der Waals surface area contributed by atoms with E-state index in [1.165, 1.54) is 0 Å². The molecular weight excluding hydrogens is 594 g/mol. The van der Waals surface area contributed by atoms with Crippen molar-refractivity contribution in [1.29, 1.82) is 0 Å². The van der Waals surface area contributed by atoms with Crippen LogP contribution in [0.4, 0.5) is 4.79 Å². The van der Waals surface area contributed by atoms with Crippen LogP contribution in [-0.2, 0) is 39.9 Å². The van der Waals surface area contributed by atoms with Gasteiger partial charge in [-0.05, 0) is 59.6 Å². The van der Waals surface area contributed by atoms with Crippen molar-refractivity contribution in [1.82, 2.24) is 15.7 Å². The number of rotatable bonds is 18. The largest absolute Gasteiger partial charge is 0.533 e. The SMILES string of the molecule is CCCOCCNC(=O)CCCc1ccc2c(c1)C(COC(=O)ON1C(=O)CCC1=O)c1cccc(C(=O)NCCOCCC)c1-2. The summed E-state index contributed by atoms with van der Waals surface area (Å²) in [6.07, 6.45) is 2.25. The third kappa shape index (κ3) is 9.13. The van der Waals surface area contributed by atoms with Gasteiger partial charge in [-0.15, -0.1) is 0 Å². The molecule has 4 amide bonds. The molecular formula is C34H43N3O9. The fourth-order valence-corrected chi connectivity index (χ4v) is 5.52. The Bertz CT molecular complexity index is 1390. The minimum atomic E-state index is -1.16. The molecule has 2 aromatic carbocycles. The Balaban J connectivity index is 1.48. The van der Waals surface area contributed by atoms with Crippen LogP contribution in [0, 0.1) is 0 Å². The van der Waals surface area contributed by atoms with E-state index in [9.17, 15) is 24.0 Å². The molecule has 4 rings (SSSR count). The van der Waals surface area contributed by atoms with E-state index in [-0.39, 0.29) is 31.3 Å². The van der Waals surface area contributed by atoms with Gasteiger partial charge in [-0.1, -0.05) is 49.2 Å². The molecule has 0 aromatic heterocycles. The summed E-state index contributed by atoms with van der Waals surface area (Å²) >= 11 is 0. The van der Waals surface area contributed by atoms with E-state index in [0.717, 1.165) is 40.7 Å². The van der Waals surface area contributed by atoms with Crippen LogP contribution in [0.15, 0.2) is 36.4 Å². The number of benzene rings is 2. The van der Waals surface area contributed by atoms with Crippen LogP contribution >= 0.6 is 0 Å². The van der Waals surface area contributed by atoms with Crippen LogP contribution < -0.4 is 10.6 Å². The Morgan fingerprint density at radius 2 is 1.57 bits per heavy atom. The van der Waals surface area contributed by atoms with E-state index in [2.05, 4.69) is 10.6 Å². The molecule has 1 fully saturated rings. The van der Waals surface area contributed by atoms with Gasteiger partial charge in [-0.2, -0.15) is 0 Å². The maximum absolute atomic E-state index is 13.3. The first-order valence-electron chi connectivity index (χ1n) is 16.0. The van der Waals surface area contributed by atoms with E-state index in [0.29, 0.717) is 69.4 Å². The summed E-state index contributed by atoms with van der Waals surface area (Å²) in [6.45, 7) is 6.92. The van der Waals surface area contributed by atoms with Crippen molar-refractivity contribution in [3.8, 4) is 11.1 Å². The predicted octanol–water partition coefficient (Wildman–Crippen LogP) is 4.04.